The molecule has 3 unspecified atom stereocenters. The molecule has 2 saturated heterocycles. The van der Waals surface area contributed by atoms with Crippen LogP contribution in [0, 0.1) is 5.92 Å². The van der Waals surface area contributed by atoms with Crippen LogP contribution in [0.15, 0.2) is 30.3 Å². The molecule has 3 heteroatoms. The average Bonchev–Trinajstić information content (AvgIpc) is 2.99. The van der Waals surface area contributed by atoms with Gasteiger partial charge >= 0.3 is 0 Å². The van der Waals surface area contributed by atoms with Gasteiger partial charge in [-0.15, -0.1) is 0 Å². The number of hydrogen-bond acceptors (Lipinski definition) is 3. The van der Waals surface area contributed by atoms with Crippen molar-refractivity contribution >= 4 is 0 Å². The molecular formula is C16H25N3. The van der Waals surface area contributed by atoms with Gasteiger partial charge in [0.05, 0.1) is 0 Å². The Balaban J connectivity index is 1.53. The molecule has 2 aliphatic rings. The van der Waals surface area contributed by atoms with Crippen LogP contribution in [0.3, 0.4) is 0 Å². The number of nitrogens with two attached hydrogens (primary N) is 1. The third-order valence-electron chi connectivity index (χ3n) is 4.71. The van der Waals surface area contributed by atoms with Crippen LogP contribution < -0.4 is 5.73 Å². The minimum absolute atomic E-state index is 0.378. The van der Waals surface area contributed by atoms with Gasteiger partial charge in [0.25, 0.3) is 0 Å². The molecule has 3 atom stereocenters. The summed E-state index contributed by atoms with van der Waals surface area (Å²) in [4.78, 5) is 5.19. The Morgan fingerprint density at radius 1 is 1.16 bits per heavy atom. The topological polar surface area (TPSA) is 32.5 Å². The summed E-state index contributed by atoms with van der Waals surface area (Å²) < 4.78 is 0. The van der Waals surface area contributed by atoms with E-state index in [4.69, 9.17) is 5.73 Å². The van der Waals surface area contributed by atoms with Gasteiger partial charge in [0.1, 0.15) is 0 Å². The van der Waals surface area contributed by atoms with Crippen LogP contribution >= 0.6 is 0 Å². The van der Waals surface area contributed by atoms with E-state index >= 15 is 0 Å². The van der Waals surface area contributed by atoms with E-state index < -0.39 is 0 Å². The Labute approximate surface area is 116 Å². The van der Waals surface area contributed by atoms with E-state index in [1.165, 1.54) is 31.6 Å². The summed E-state index contributed by atoms with van der Waals surface area (Å²) in [6.07, 6.45) is 1.30. The predicted octanol–water partition coefficient (Wildman–Crippen LogP) is 1.54. The molecule has 104 valence electrons. The van der Waals surface area contributed by atoms with E-state index in [0.717, 1.165) is 19.1 Å². The molecule has 0 bridgehead atoms. The Kier molecular flexibility index (Phi) is 3.87. The zero-order chi connectivity index (χ0) is 13.2. The molecule has 19 heavy (non-hydrogen) atoms. The second-order valence-corrected chi connectivity index (χ2v) is 6.26. The summed E-state index contributed by atoms with van der Waals surface area (Å²) in [5.74, 6) is 0.656. The Morgan fingerprint density at radius 3 is 2.63 bits per heavy atom. The maximum atomic E-state index is 6.14. The minimum atomic E-state index is 0.378. The van der Waals surface area contributed by atoms with Gasteiger partial charge in [-0.05, 0) is 17.9 Å². The first-order valence-electron chi connectivity index (χ1n) is 7.48. The van der Waals surface area contributed by atoms with Crippen LogP contribution in [0.2, 0.25) is 0 Å². The summed E-state index contributed by atoms with van der Waals surface area (Å²) >= 11 is 0. The first kappa shape index (κ1) is 13.1. The highest BCUT2D eigenvalue weighted by Gasteiger charge is 2.34. The highest BCUT2D eigenvalue weighted by Crippen LogP contribution is 2.23. The monoisotopic (exact) mass is 259 g/mol. The van der Waals surface area contributed by atoms with E-state index in [1.807, 2.05) is 0 Å². The quantitative estimate of drug-likeness (QED) is 0.894. The van der Waals surface area contributed by atoms with E-state index in [-0.39, 0.29) is 0 Å². The summed E-state index contributed by atoms with van der Waals surface area (Å²) in [5.41, 5.74) is 7.56. The first-order valence-corrected chi connectivity index (χ1v) is 7.48. The normalized spacial score (nSPS) is 33.1. The average molecular weight is 259 g/mol. The molecule has 0 radical (unpaired) electrons. The lowest BCUT2D eigenvalue weighted by molar-refractivity contribution is 0.223. The van der Waals surface area contributed by atoms with Crippen molar-refractivity contribution in [2.75, 3.05) is 26.2 Å². The van der Waals surface area contributed by atoms with Crippen LogP contribution in [0.1, 0.15) is 18.9 Å². The van der Waals surface area contributed by atoms with Crippen molar-refractivity contribution in [2.45, 2.75) is 32.0 Å². The molecule has 0 spiro atoms. The van der Waals surface area contributed by atoms with Gasteiger partial charge in [-0.25, -0.2) is 0 Å². The highest BCUT2D eigenvalue weighted by atomic mass is 15.3. The standard InChI is InChI=1S/C16H25N3/c1-13-9-19(12-16(13)17)15-7-8-18(11-15)10-14-5-3-2-4-6-14/h2-6,13,15-16H,7-12,17H2,1H3. The zero-order valence-corrected chi connectivity index (χ0v) is 11.8. The summed E-state index contributed by atoms with van der Waals surface area (Å²) in [6.45, 7) is 8.07. The van der Waals surface area contributed by atoms with Crippen molar-refractivity contribution in [3.8, 4) is 0 Å². The lowest BCUT2D eigenvalue weighted by Gasteiger charge is -2.24. The van der Waals surface area contributed by atoms with Crippen LogP contribution in [0.25, 0.3) is 0 Å². The SMILES string of the molecule is CC1CN(C2CCN(Cc3ccccc3)C2)CC1N. The number of likely N-dealkylation sites (tertiary alicyclic amines) is 2. The summed E-state index contributed by atoms with van der Waals surface area (Å²) in [5, 5.41) is 0. The fourth-order valence-electron chi connectivity index (χ4n) is 3.42. The van der Waals surface area contributed by atoms with Crippen molar-refractivity contribution in [1.82, 2.24) is 9.80 Å². The second kappa shape index (κ2) is 5.61. The number of hydrogen-bond donors (Lipinski definition) is 1. The third kappa shape index (κ3) is 2.99. The van der Waals surface area contributed by atoms with Crippen LogP contribution in [0.5, 0.6) is 0 Å². The van der Waals surface area contributed by atoms with E-state index in [9.17, 15) is 0 Å². The van der Waals surface area contributed by atoms with Gasteiger partial charge < -0.3 is 5.73 Å². The van der Waals surface area contributed by atoms with E-state index in [1.54, 1.807) is 0 Å². The van der Waals surface area contributed by atoms with Crippen LogP contribution in [0.4, 0.5) is 0 Å². The van der Waals surface area contributed by atoms with Gasteiger partial charge in [0.15, 0.2) is 0 Å². The second-order valence-electron chi connectivity index (χ2n) is 6.26. The smallest absolute Gasteiger partial charge is 0.0236 e. The van der Waals surface area contributed by atoms with Crippen molar-refractivity contribution in [2.24, 2.45) is 11.7 Å². The van der Waals surface area contributed by atoms with E-state index in [0.29, 0.717) is 12.0 Å². The van der Waals surface area contributed by atoms with Crippen LogP contribution in [-0.4, -0.2) is 48.1 Å². The molecule has 1 aromatic carbocycles. The predicted molar refractivity (Wildman–Crippen MR) is 78.8 cm³/mol. The number of rotatable bonds is 3. The summed E-state index contributed by atoms with van der Waals surface area (Å²) in [6, 6.07) is 11.9. The third-order valence-corrected chi connectivity index (χ3v) is 4.71. The van der Waals surface area contributed by atoms with Crippen molar-refractivity contribution in [1.29, 1.82) is 0 Å². The van der Waals surface area contributed by atoms with Gasteiger partial charge in [-0.1, -0.05) is 37.3 Å². The van der Waals surface area contributed by atoms with E-state index in [2.05, 4.69) is 47.1 Å². The number of benzene rings is 1. The van der Waals surface area contributed by atoms with Crippen LogP contribution in [-0.2, 0) is 6.54 Å². The van der Waals surface area contributed by atoms with Gasteiger partial charge in [0, 0.05) is 44.8 Å². The minimum Gasteiger partial charge on any atom is -0.326 e. The summed E-state index contributed by atoms with van der Waals surface area (Å²) in [7, 11) is 0. The molecule has 2 fully saturated rings. The zero-order valence-electron chi connectivity index (χ0n) is 11.8. The van der Waals surface area contributed by atoms with Crippen molar-refractivity contribution in [3.05, 3.63) is 35.9 Å². The first-order chi connectivity index (χ1) is 9.22. The largest absolute Gasteiger partial charge is 0.326 e. The van der Waals surface area contributed by atoms with Crippen molar-refractivity contribution in [3.63, 3.8) is 0 Å². The molecule has 3 nitrogen and oxygen atoms in total. The molecule has 0 saturated carbocycles. The Bertz CT molecular complexity index is 396. The molecule has 3 rings (SSSR count). The maximum absolute atomic E-state index is 6.14. The molecule has 2 heterocycles. The van der Waals surface area contributed by atoms with Gasteiger partial charge in [-0.3, -0.25) is 9.80 Å². The fourth-order valence-corrected chi connectivity index (χ4v) is 3.42. The van der Waals surface area contributed by atoms with Gasteiger partial charge in [0.2, 0.25) is 0 Å². The molecule has 1 aromatic rings. The molecule has 0 aromatic heterocycles. The lowest BCUT2D eigenvalue weighted by atomic mass is 10.1. The molecular weight excluding hydrogens is 234 g/mol. The lowest BCUT2D eigenvalue weighted by Crippen LogP contribution is -2.37. The number of nitrogens with zero attached hydrogens (tertiary/aromatic N) is 2. The maximum Gasteiger partial charge on any atom is 0.0236 e. The van der Waals surface area contributed by atoms with Gasteiger partial charge in [-0.2, -0.15) is 0 Å². The Morgan fingerprint density at radius 2 is 1.95 bits per heavy atom. The Hall–Kier alpha value is -0.900. The molecule has 2 aliphatic heterocycles. The fraction of sp³-hybridized carbons (Fsp3) is 0.625. The molecule has 2 N–H and O–H groups in total. The molecule has 0 amide bonds. The van der Waals surface area contributed by atoms with Crippen molar-refractivity contribution < 1.29 is 0 Å². The highest BCUT2D eigenvalue weighted by molar-refractivity contribution is 5.14. The molecule has 0 aliphatic carbocycles.